The van der Waals surface area contributed by atoms with Crippen LogP contribution in [0.4, 0.5) is 11.5 Å². The lowest BCUT2D eigenvalue weighted by atomic mass is 10.2. The molecular formula is C16H10Cl2N4S. The van der Waals surface area contributed by atoms with Gasteiger partial charge >= 0.3 is 0 Å². The molecule has 0 atom stereocenters. The van der Waals surface area contributed by atoms with Crippen molar-refractivity contribution in [1.29, 1.82) is 0 Å². The molecule has 0 aliphatic rings. The van der Waals surface area contributed by atoms with Gasteiger partial charge in [-0.15, -0.1) is 11.3 Å². The zero-order valence-corrected chi connectivity index (χ0v) is 14.3. The van der Waals surface area contributed by atoms with Crippen LogP contribution in [0.2, 0.25) is 10.0 Å². The van der Waals surface area contributed by atoms with E-state index in [0.29, 0.717) is 15.9 Å². The lowest BCUT2D eigenvalue weighted by molar-refractivity contribution is 1.22. The molecule has 4 nitrogen and oxygen atoms in total. The van der Waals surface area contributed by atoms with Gasteiger partial charge in [-0.25, -0.2) is 15.0 Å². The first-order valence-corrected chi connectivity index (χ1v) is 8.42. The Labute approximate surface area is 146 Å². The van der Waals surface area contributed by atoms with Gasteiger partial charge in [0.2, 0.25) is 0 Å². The minimum atomic E-state index is 0.539. The molecular weight excluding hydrogens is 351 g/mol. The largest absolute Gasteiger partial charge is 0.338 e. The summed E-state index contributed by atoms with van der Waals surface area (Å²) >= 11 is 13.8. The Kier molecular flexibility index (Phi) is 3.56. The van der Waals surface area contributed by atoms with Gasteiger partial charge in [0.1, 0.15) is 12.1 Å². The normalized spacial score (nSPS) is 11.3. The highest BCUT2D eigenvalue weighted by Gasteiger charge is 2.12. The molecule has 1 N–H and O–H groups in total. The molecule has 23 heavy (non-hydrogen) atoms. The summed E-state index contributed by atoms with van der Waals surface area (Å²) in [5.74, 6) is 0.702. The van der Waals surface area contributed by atoms with Crippen LogP contribution in [-0.2, 0) is 0 Å². The van der Waals surface area contributed by atoms with Gasteiger partial charge in [-0.2, -0.15) is 0 Å². The standard InChI is InChI=1S/C16H10Cl2N4S/c1-8-21-13-5-4-12-14(15(13)23-8)16(20-7-19-12)22-11-3-2-9(17)6-10(11)18/h2-7H,1H3,(H,19,20,22). The number of aromatic nitrogens is 3. The topological polar surface area (TPSA) is 50.7 Å². The summed E-state index contributed by atoms with van der Waals surface area (Å²) in [6.07, 6.45) is 1.54. The predicted molar refractivity (Wildman–Crippen MR) is 97.2 cm³/mol. The third-order valence-corrected chi connectivity index (χ3v) is 5.00. The summed E-state index contributed by atoms with van der Waals surface area (Å²) < 4.78 is 1.06. The van der Waals surface area contributed by atoms with E-state index in [0.717, 1.165) is 31.8 Å². The van der Waals surface area contributed by atoms with Crippen LogP contribution >= 0.6 is 34.5 Å². The number of anilines is 2. The van der Waals surface area contributed by atoms with Crippen molar-refractivity contribution in [1.82, 2.24) is 15.0 Å². The minimum absolute atomic E-state index is 0.539. The molecule has 7 heteroatoms. The van der Waals surface area contributed by atoms with Crippen LogP contribution in [0.25, 0.3) is 21.1 Å². The Morgan fingerprint density at radius 1 is 1.04 bits per heavy atom. The van der Waals surface area contributed by atoms with Gasteiger partial charge < -0.3 is 5.32 Å². The number of rotatable bonds is 2. The summed E-state index contributed by atoms with van der Waals surface area (Å²) in [6, 6.07) is 9.24. The highest BCUT2D eigenvalue weighted by atomic mass is 35.5. The predicted octanol–water partition coefficient (Wildman–Crippen LogP) is 5.60. The average Bonchev–Trinajstić information content (AvgIpc) is 2.90. The second-order valence-electron chi connectivity index (χ2n) is 5.01. The van der Waals surface area contributed by atoms with Crippen LogP contribution in [0.3, 0.4) is 0 Å². The number of halogens is 2. The number of fused-ring (bicyclic) bond motifs is 3. The number of nitrogens with one attached hydrogen (secondary N) is 1. The van der Waals surface area contributed by atoms with Crippen molar-refractivity contribution in [3.63, 3.8) is 0 Å². The van der Waals surface area contributed by atoms with Crippen LogP contribution in [-0.4, -0.2) is 15.0 Å². The number of thiazole rings is 1. The summed E-state index contributed by atoms with van der Waals surface area (Å²) in [6.45, 7) is 1.99. The molecule has 0 spiro atoms. The molecule has 0 aliphatic heterocycles. The van der Waals surface area contributed by atoms with Crippen molar-refractivity contribution in [2.24, 2.45) is 0 Å². The van der Waals surface area contributed by atoms with E-state index < -0.39 is 0 Å². The van der Waals surface area contributed by atoms with Crippen molar-refractivity contribution in [3.05, 3.63) is 51.7 Å². The molecule has 4 rings (SSSR count). The third kappa shape index (κ3) is 2.61. The van der Waals surface area contributed by atoms with E-state index >= 15 is 0 Å². The Hall–Kier alpha value is -1.95. The number of aryl methyl sites for hydroxylation is 1. The van der Waals surface area contributed by atoms with Crippen molar-refractivity contribution in [3.8, 4) is 0 Å². The van der Waals surface area contributed by atoms with E-state index in [9.17, 15) is 0 Å². The maximum Gasteiger partial charge on any atom is 0.143 e. The second-order valence-corrected chi connectivity index (χ2v) is 7.06. The van der Waals surface area contributed by atoms with Crippen LogP contribution < -0.4 is 5.32 Å². The molecule has 0 bridgehead atoms. The third-order valence-electron chi connectivity index (χ3n) is 3.45. The second kappa shape index (κ2) is 5.60. The SMILES string of the molecule is Cc1nc2ccc3ncnc(Nc4ccc(Cl)cc4Cl)c3c2s1. The molecule has 4 aromatic rings. The molecule has 0 unspecified atom stereocenters. The van der Waals surface area contributed by atoms with Gasteiger partial charge in [-0.3, -0.25) is 0 Å². The fourth-order valence-electron chi connectivity index (χ4n) is 2.46. The van der Waals surface area contributed by atoms with E-state index in [1.54, 1.807) is 23.5 Å². The quantitative estimate of drug-likeness (QED) is 0.505. The summed E-state index contributed by atoms with van der Waals surface area (Å²) in [7, 11) is 0. The fraction of sp³-hybridized carbons (Fsp3) is 0.0625. The van der Waals surface area contributed by atoms with Crippen molar-refractivity contribution >= 4 is 67.2 Å². The number of hydrogen-bond donors (Lipinski definition) is 1. The number of benzene rings is 2. The van der Waals surface area contributed by atoms with Crippen molar-refractivity contribution < 1.29 is 0 Å². The molecule has 0 radical (unpaired) electrons. The van der Waals surface area contributed by atoms with Gasteiger partial charge in [-0.05, 0) is 37.3 Å². The zero-order chi connectivity index (χ0) is 16.0. The molecule has 0 saturated heterocycles. The molecule has 0 saturated carbocycles. The monoisotopic (exact) mass is 360 g/mol. The van der Waals surface area contributed by atoms with Crippen LogP contribution in [0.1, 0.15) is 5.01 Å². The van der Waals surface area contributed by atoms with Gasteiger partial charge in [0.25, 0.3) is 0 Å². The van der Waals surface area contributed by atoms with Crippen LogP contribution in [0.15, 0.2) is 36.7 Å². The van der Waals surface area contributed by atoms with E-state index in [1.807, 2.05) is 25.1 Å². The number of hydrogen-bond acceptors (Lipinski definition) is 5. The Balaban J connectivity index is 1.94. The summed E-state index contributed by atoms with van der Waals surface area (Å²) in [5.41, 5.74) is 2.55. The zero-order valence-electron chi connectivity index (χ0n) is 12.0. The van der Waals surface area contributed by atoms with E-state index in [2.05, 4.69) is 20.3 Å². The van der Waals surface area contributed by atoms with Gasteiger partial charge in [0.15, 0.2) is 0 Å². The van der Waals surface area contributed by atoms with Gasteiger partial charge in [0, 0.05) is 5.02 Å². The lowest BCUT2D eigenvalue weighted by Gasteiger charge is -2.10. The summed E-state index contributed by atoms with van der Waals surface area (Å²) in [5, 5.41) is 6.36. The Bertz CT molecular complexity index is 1050. The molecule has 2 heterocycles. The van der Waals surface area contributed by atoms with E-state index in [1.165, 1.54) is 6.33 Å². The smallest absolute Gasteiger partial charge is 0.143 e. The first-order valence-electron chi connectivity index (χ1n) is 6.85. The number of nitrogens with zero attached hydrogens (tertiary/aromatic N) is 3. The fourth-order valence-corrected chi connectivity index (χ4v) is 3.87. The van der Waals surface area contributed by atoms with Gasteiger partial charge in [0.05, 0.1) is 36.8 Å². The molecule has 2 aromatic heterocycles. The lowest BCUT2D eigenvalue weighted by Crippen LogP contribution is -1.96. The van der Waals surface area contributed by atoms with Gasteiger partial charge in [-0.1, -0.05) is 23.2 Å². The maximum atomic E-state index is 6.25. The molecule has 0 aliphatic carbocycles. The molecule has 0 fully saturated rings. The Morgan fingerprint density at radius 2 is 1.87 bits per heavy atom. The average molecular weight is 361 g/mol. The van der Waals surface area contributed by atoms with Crippen molar-refractivity contribution in [2.45, 2.75) is 6.92 Å². The summed E-state index contributed by atoms with van der Waals surface area (Å²) in [4.78, 5) is 13.3. The first-order chi connectivity index (χ1) is 11.1. The highest BCUT2D eigenvalue weighted by Crippen LogP contribution is 2.35. The van der Waals surface area contributed by atoms with E-state index in [4.69, 9.17) is 23.2 Å². The molecule has 0 amide bonds. The van der Waals surface area contributed by atoms with Crippen molar-refractivity contribution in [2.75, 3.05) is 5.32 Å². The maximum absolute atomic E-state index is 6.25. The van der Waals surface area contributed by atoms with Crippen LogP contribution in [0.5, 0.6) is 0 Å². The van der Waals surface area contributed by atoms with Crippen LogP contribution in [0, 0.1) is 6.92 Å². The highest BCUT2D eigenvalue weighted by molar-refractivity contribution is 7.19. The Morgan fingerprint density at radius 3 is 2.70 bits per heavy atom. The molecule has 2 aromatic carbocycles. The first kappa shape index (κ1) is 14.6. The van der Waals surface area contributed by atoms with E-state index in [-0.39, 0.29) is 0 Å². The molecule has 114 valence electrons. The minimum Gasteiger partial charge on any atom is -0.338 e.